The number of anilines is 1. The highest BCUT2D eigenvalue weighted by Crippen LogP contribution is 2.33. The molecule has 122 valence electrons. The van der Waals surface area contributed by atoms with E-state index >= 15 is 0 Å². The summed E-state index contributed by atoms with van der Waals surface area (Å²) in [5.74, 6) is 1.39. The number of aldehydes is 1. The molecule has 0 saturated carbocycles. The van der Waals surface area contributed by atoms with Crippen molar-refractivity contribution in [1.29, 1.82) is 0 Å². The summed E-state index contributed by atoms with van der Waals surface area (Å²) in [6, 6.07) is 11.1. The van der Waals surface area contributed by atoms with Crippen LogP contribution in [0.2, 0.25) is 10.0 Å². The van der Waals surface area contributed by atoms with E-state index < -0.39 is 0 Å². The van der Waals surface area contributed by atoms with Crippen LogP contribution in [0.4, 0.5) is 5.69 Å². The maximum absolute atomic E-state index is 10.4. The summed E-state index contributed by atoms with van der Waals surface area (Å²) < 4.78 is 10.3. The number of fused-ring (bicyclic) bond motifs is 1. The molecule has 0 atom stereocenters. The molecule has 0 bridgehead atoms. The minimum absolute atomic E-state index is 0.340. The van der Waals surface area contributed by atoms with Gasteiger partial charge in [-0.2, -0.15) is 0 Å². The Morgan fingerprint density at radius 3 is 2.43 bits per heavy atom. The van der Waals surface area contributed by atoms with Gasteiger partial charge >= 0.3 is 0 Å². The van der Waals surface area contributed by atoms with Crippen LogP contribution in [0.5, 0.6) is 11.5 Å². The summed E-state index contributed by atoms with van der Waals surface area (Å²) in [4.78, 5) is 12.6. The van der Waals surface area contributed by atoms with E-state index in [4.69, 9.17) is 32.7 Å². The van der Waals surface area contributed by atoms with Crippen molar-refractivity contribution in [2.45, 2.75) is 0 Å². The summed E-state index contributed by atoms with van der Waals surface area (Å²) in [7, 11) is 3.55. The standard InChI is InChI=1S/C9H11NO.C8H6Cl2O2/c1-10-6-7-11-9-5-3-2-4-8(9)10;1-12-8-6(9)2-5(4-11)3-7(8)10/h2-5H,6-7H2,1H3;2-4H,1H3. The van der Waals surface area contributed by atoms with Crippen LogP contribution in [-0.2, 0) is 0 Å². The second-order valence-corrected chi connectivity index (χ2v) is 5.69. The van der Waals surface area contributed by atoms with Gasteiger partial charge in [0.05, 0.1) is 29.4 Å². The van der Waals surface area contributed by atoms with Gasteiger partial charge in [0, 0.05) is 12.6 Å². The van der Waals surface area contributed by atoms with Crippen LogP contribution in [-0.4, -0.2) is 33.6 Å². The highest BCUT2D eigenvalue weighted by Gasteiger charge is 2.12. The fourth-order valence-electron chi connectivity index (χ4n) is 2.15. The van der Waals surface area contributed by atoms with E-state index in [1.165, 1.54) is 24.9 Å². The number of benzene rings is 2. The van der Waals surface area contributed by atoms with Crippen molar-refractivity contribution in [3.8, 4) is 11.5 Å². The van der Waals surface area contributed by atoms with Gasteiger partial charge in [0.25, 0.3) is 0 Å². The normalized spacial score (nSPS) is 12.4. The molecule has 0 fully saturated rings. The van der Waals surface area contributed by atoms with Gasteiger partial charge in [0.2, 0.25) is 0 Å². The number of nitrogens with zero attached hydrogens (tertiary/aromatic N) is 1. The third kappa shape index (κ3) is 4.30. The molecule has 0 amide bonds. The highest BCUT2D eigenvalue weighted by molar-refractivity contribution is 6.37. The molecule has 6 heteroatoms. The van der Waals surface area contributed by atoms with Gasteiger partial charge in [-0.3, -0.25) is 4.79 Å². The number of para-hydroxylation sites is 2. The zero-order valence-electron chi connectivity index (χ0n) is 12.9. The Balaban J connectivity index is 0.000000167. The molecule has 2 aromatic carbocycles. The number of rotatable bonds is 2. The number of carbonyl (C=O) groups is 1. The van der Waals surface area contributed by atoms with Crippen LogP contribution in [0.25, 0.3) is 0 Å². The predicted octanol–water partition coefficient (Wildman–Crippen LogP) is 4.33. The van der Waals surface area contributed by atoms with Crippen molar-refractivity contribution in [2.24, 2.45) is 0 Å². The highest BCUT2D eigenvalue weighted by atomic mass is 35.5. The molecule has 0 N–H and O–H groups in total. The summed E-state index contributed by atoms with van der Waals surface area (Å²) in [5.41, 5.74) is 1.63. The van der Waals surface area contributed by atoms with Crippen LogP contribution in [0.3, 0.4) is 0 Å². The van der Waals surface area contributed by atoms with Gasteiger partial charge in [-0.05, 0) is 24.3 Å². The van der Waals surface area contributed by atoms with Crippen LogP contribution in [0.1, 0.15) is 10.4 Å². The minimum atomic E-state index is 0.340. The monoisotopic (exact) mass is 353 g/mol. The number of ether oxygens (including phenoxy) is 2. The summed E-state index contributed by atoms with van der Waals surface area (Å²) in [5, 5.41) is 0.680. The van der Waals surface area contributed by atoms with Gasteiger partial charge < -0.3 is 14.4 Å². The van der Waals surface area contributed by atoms with Crippen molar-refractivity contribution in [2.75, 3.05) is 32.2 Å². The number of hydrogen-bond donors (Lipinski definition) is 0. The molecular formula is C17H17Cl2NO3. The van der Waals surface area contributed by atoms with Crippen molar-refractivity contribution < 1.29 is 14.3 Å². The molecule has 23 heavy (non-hydrogen) atoms. The predicted molar refractivity (Wildman–Crippen MR) is 93.6 cm³/mol. The first-order chi connectivity index (χ1) is 11.1. The van der Waals surface area contributed by atoms with Gasteiger partial charge in [-0.25, -0.2) is 0 Å². The molecule has 1 aliphatic rings. The molecule has 0 aliphatic carbocycles. The summed E-state index contributed by atoms with van der Waals surface area (Å²) >= 11 is 11.5. The molecule has 0 saturated heterocycles. The SMILES string of the molecule is CN1CCOc2ccccc21.COc1c(Cl)cc(C=O)cc1Cl. The van der Waals surface area contributed by atoms with E-state index in [-0.39, 0.29) is 0 Å². The van der Waals surface area contributed by atoms with Crippen LogP contribution >= 0.6 is 23.2 Å². The molecular weight excluding hydrogens is 337 g/mol. The molecule has 1 heterocycles. The third-order valence-electron chi connectivity index (χ3n) is 3.32. The zero-order chi connectivity index (χ0) is 16.8. The Hall–Kier alpha value is -1.91. The molecule has 4 nitrogen and oxygen atoms in total. The fraction of sp³-hybridized carbons (Fsp3) is 0.235. The molecule has 0 aromatic heterocycles. The van der Waals surface area contributed by atoms with Crippen LogP contribution < -0.4 is 14.4 Å². The average Bonchev–Trinajstić information content (AvgIpc) is 2.55. The maximum atomic E-state index is 10.4. The maximum Gasteiger partial charge on any atom is 0.156 e. The van der Waals surface area contributed by atoms with Crippen molar-refractivity contribution in [1.82, 2.24) is 0 Å². The van der Waals surface area contributed by atoms with E-state index in [0.29, 0.717) is 27.6 Å². The number of halogens is 2. The van der Waals surface area contributed by atoms with Crippen molar-refractivity contribution in [3.05, 3.63) is 52.0 Å². The van der Waals surface area contributed by atoms with Crippen LogP contribution in [0, 0.1) is 0 Å². The molecule has 0 spiro atoms. The molecule has 3 rings (SSSR count). The molecule has 0 radical (unpaired) electrons. The van der Waals surface area contributed by atoms with E-state index in [1.54, 1.807) is 0 Å². The van der Waals surface area contributed by atoms with Crippen molar-refractivity contribution >= 4 is 35.2 Å². The number of methoxy groups -OCH3 is 1. The van der Waals surface area contributed by atoms with E-state index in [2.05, 4.69) is 18.0 Å². The lowest BCUT2D eigenvalue weighted by molar-refractivity contribution is 0.112. The lowest BCUT2D eigenvalue weighted by atomic mass is 10.2. The number of likely N-dealkylation sites (N-methyl/N-ethyl adjacent to an activating group) is 1. The molecule has 1 aliphatic heterocycles. The Morgan fingerprint density at radius 1 is 1.22 bits per heavy atom. The van der Waals surface area contributed by atoms with Gasteiger partial charge in [0.1, 0.15) is 18.6 Å². The molecule has 2 aromatic rings. The largest absolute Gasteiger partial charge is 0.494 e. The van der Waals surface area contributed by atoms with Crippen molar-refractivity contribution in [3.63, 3.8) is 0 Å². The minimum Gasteiger partial charge on any atom is -0.494 e. The second-order valence-electron chi connectivity index (χ2n) is 4.87. The smallest absolute Gasteiger partial charge is 0.156 e. The summed E-state index contributed by atoms with van der Waals surface area (Å²) in [6.07, 6.45) is 0.678. The van der Waals surface area contributed by atoms with Gasteiger partial charge in [-0.1, -0.05) is 35.3 Å². The Kier molecular flexibility index (Phi) is 6.13. The van der Waals surface area contributed by atoms with E-state index in [0.717, 1.165) is 18.9 Å². The molecule has 0 unspecified atom stereocenters. The average molecular weight is 354 g/mol. The topological polar surface area (TPSA) is 38.8 Å². The quantitative estimate of drug-likeness (QED) is 0.753. The third-order valence-corrected chi connectivity index (χ3v) is 3.88. The van der Waals surface area contributed by atoms with E-state index in [1.807, 2.05) is 18.2 Å². The van der Waals surface area contributed by atoms with Crippen LogP contribution in [0.15, 0.2) is 36.4 Å². The first kappa shape index (κ1) is 17.4. The lowest BCUT2D eigenvalue weighted by Crippen LogP contribution is -2.28. The van der Waals surface area contributed by atoms with Gasteiger partial charge in [0.15, 0.2) is 5.75 Å². The Labute approximate surface area is 145 Å². The van der Waals surface area contributed by atoms with E-state index in [9.17, 15) is 4.79 Å². The Bertz CT molecular complexity index is 668. The number of hydrogen-bond acceptors (Lipinski definition) is 4. The first-order valence-corrected chi connectivity index (χ1v) is 7.73. The first-order valence-electron chi connectivity index (χ1n) is 6.98. The zero-order valence-corrected chi connectivity index (χ0v) is 14.4. The lowest BCUT2D eigenvalue weighted by Gasteiger charge is -2.27. The Morgan fingerprint density at radius 2 is 1.87 bits per heavy atom. The van der Waals surface area contributed by atoms with Gasteiger partial charge in [-0.15, -0.1) is 0 Å². The fourth-order valence-corrected chi connectivity index (χ4v) is 2.81. The second kappa shape index (κ2) is 8.09. The number of carbonyl (C=O) groups excluding carboxylic acids is 1. The summed E-state index contributed by atoms with van der Waals surface area (Å²) in [6.45, 7) is 1.78.